The SMILES string of the molecule is C=C(/C=C\C=C(N)N)c1cccc(Br)c1. The van der Waals surface area contributed by atoms with Gasteiger partial charge in [0.1, 0.15) is 0 Å². The molecule has 3 heteroatoms. The van der Waals surface area contributed by atoms with Crippen LogP contribution in [0.4, 0.5) is 0 Å². The number of hydrogen-bond donors (Lipinski definition) is 2. The van der Waals surface area contributed by atoms with Crippen molar-refractivity contribution >= 4 is 21.5 Å². The second-order valence-corrected chi connectivity index (χ2v) is 3.98. The van der Waals surface area contributed by atoms with Gasteiger partial charge in [0, 0.05) is 4.47 Å². The molecule has 2 nitrogen and oxygen atoms in total. The summed E-state index contributed by atoms with van der Waals surface area (Å²) >= 11 is 3.40. The Bertz CT molecular complexity index is 415. The summed E-state index contributed by atoms with van der Waals surface area (Å²) in [6.07, 6.45) is 5.27. The molecule has 0 aliphatic carbocycles. The molecule has 4 N–H and O–H groups in total. The lowest BCUT2D eigenvalue weighted by Crippen LogP contribution is -2.06. The van der Waals surface area contributed by atoms with Gasteiger partial charge in [0.2, 0.25) is 0 Å². The van der Waals surface area contributed by atoms with E-state index in [9.17, 15) is 0 Å². The summed E-state index contributed by atoms with van der Waals surface area (Å²) in [7, 11) is 0. The van der Waals surface area contributed by atoms with Crippen LogP contribution in [0.3, 0.4) is 0 Å². The fourth-order valence-electron chi connectivity index (χ4n) is 1.06. The summed E-state index contributed by atoms with van der Waals surface area (Å²) in [5, 5.41) is 0. The molecule has 0 aliphatic heterocycles. The van der Waals surface area contributed by atoms with Gasteiger partial charge in [-0.1, -0.05) is 46.8 Å². The molecule has 0 atom stereocenters. The maximum atomic E-state index is 5.29. The maximum absolute atomic E-state index is 5.29. The summed E-state index contributed by atoms with van der Waals surface area (Å²) < 4.78 is 1.03. The Morgan fingerprint density at radius 1 is 1.33 bits per heavy atom. The Balaban J connectivity index is 2.78. The lowest BCUT2D eigenvalue weighted by atomic mass is 10.1. The molecule has 78 valence electrons. The highest BCUT2D eigenvalue weighted by Crippen LogP contribution is 2.18. The van der Waals surface area contributed by atoms with Gasteiger partial charge in [0.15, 0.2) is 0 Å². The van der Waals surface area contributed by atoms with Crippen LogP contribution in [0.25, 0.3) is 5.57 Å². The van der Waals surface area contributed by atoms with Gasteiger partial charge >= 0.3 is 0 Å². The molecule has 0 unspecified atom stereocenters. The molecule has 0 aromatic heterocycles. The van der Waals surface area contributed by atoms with Crippen molar-refractivity contribution in [3.8, 4) is 0 Å². The van der Waals surface area contributed by atoms with E-state index in [-0.39, 0.29) is 5.82 Å². The third-order valence-corrected chi connectivity index (χ3v) is 2.27. The molecule has 1 aromatic carbocycles. The Kier molecular flexibility index (Phi) is 4.18. The molecule has 0 spiro atoms. The zero-order valence-corrected chi connectivity index (χ0v) is 9.87. The average molecular weight is 265 g/mol. The second kappa shape index (κ2) is 5.41. The van der Waals surface area contributed by atoms with Crippen molar-refractivity contribution in [3.05, 3.63) is 64.9 Å². The summed E-state index contributed by atoms with van der Waals surface area (Å²) in [6, 6.07) is 7.93. The third-order valence-electron chi connectivity index (χ3n) is 1.78. The molecule has 0 saturated carbocycles. The normalized spacial score (nSPS) is 10.2. The van der Waals surface area contributed by atoms with Crippen LogP contribution in [0.5, 0.6) is 0 Å². The molecule has 0 heterocycles. The van der Waals surface area contributed by atoms with E-state index in [2.05, 4.69) is 22.5 Å². The summed E-state index contributed by atoms with van der Waals surface area (Å²) in [5.41, 5.74) is 12.6. The molecule has 0 fully saturated rings. The first kappa shape index (κ1) is 11.6. The Morgan fingerprint density at radius 3 is 2.67 bits per heavy atom. The van der Waals surface area contributed by atoms with Crippen molar-refractivity contribution in [2.24, 2.45) is 11.5 Å². The van der Waals surface area contributed by atoms with Crippen LogP contribution < -0.4 is 11.5 Å². The van der Waals surface area contributed by atoms with Gasteiger partial charge in [-0.05, 0) is 29.3 Å². The molecular weight excluding hydrogens is 252 g/mol. The predicted octanol–water partition coefficient (Wildman–Crippen LogP) is 2.78. The van der Waals surface area contributed by atoms with E-state index < -0.39 is 0 Å². The minimum atomic E-state index is 0.285. The minimum Gasteiger partial charge on any atom is -0.386 e. The van der Waals surface area contributed by atoms with E-state index in [1.807, 2.05) is 30.3 Å². The Morgan fingerprint density at radius 2 is 2.07 bits per heavy atom. The number of allylic oxidation sites excluding steroid dienone is 4. The highest BCUT2D eigenvalue weighted by molar-refractivity contribution is 9.10. The molecule has 0 radical (unpaired) electrons. The first-order valence-electron chi connectivity index (χ1n) is 4.44. The summed E-state index contributed by atoms with van der Waals surface area (Å²) in [4.78, 5) is 0. The van der Waals surface area contributed by atoms with Crippen molar-refractivity contribution in [3.63, 3.8) is 0 Å². The van der Waals surface area contributed by atoms with Crippen LogP contribution in [-0.4, -0.2) is 0 Å². The van der Waals surface area contributed by atoms with Crippen LogP contribution in [0.15, 0.2) is 59.4 Å². The topological polar surface area (TPSA) is 52.0 Å². The van der Waals surface area contributed by atoms with Crippen LogP contribution in [0.2, 0.25) is 0 Å². The summed E-state index contributed by atoms with van der Waals surface area (Å²) in [6.45, 7) is 3.94. The second-order valence-electron chi connectivity index (χ2n) is 3.06. The largest absolute Gasteiger partial charge is 0.386 e. The molecule has 0 bridgehead atoms. The standard InChI is InChI=1S/C12H13BrN2/c1-9(4-2-7-12(14)15)10-5-3-6-11(13)8-10/h2-8H,1,14-15H2/b4-2-. The van der Waals surface area contributed by atoms with Crippen LogP contribution >= 0.6 is 15.9 Å². The van der Waals surface area contributed by atoms with E-state index in [0.717, 1.165) is 15.6 Å². The van der Waals surface area contributed by atoms with Gasteiger partial charge < -0.3 is 11.5 Å². The van der Waals surface area contributed by atoms with E-state index in [1.165, 1.54) is 0 Å². The Labute approximate surface area is 98.1 Å². The highest BCUT2D eigenvalue weighted by Gasteiger charge is 1.94. The first-order chi connectivity index (χ1) is 7.09. The number of hydrogen-bond acceptors (Lipinski definition) is 2. The van der Waals surface area contributed by atoms with Gasteiger partial charge in [-0.2, -0.15) is 0 Å². The summed E-state index contributed by atoms with van der Waals surface area (Å²) in [5.74, 6) is 0.285. The number of halogens is 1. The fourth-order valence-corrected chi connectivity index (χ4v) is 1.46. The minimum absolute atomic E-state index is 0.285. The van der Waals surface area contributed by atoms with E-state index in [4.69, 9.17) is 11.5 Å². The maximum Gasteiger partial charge on any atom is 0.0933 e. The van der Waals surface area contributed by atoms with Crippen LogP contribution in [-0.2, 0) is 0 Å². The molecule has 1 rings (SSSR count). The van der Waals surface area contributed by atoms with Gasteiger partial charge in [-0.3, -0.25) is 0 Å². The van der Waals surface area contributed by atoms with Crippen molar-refractivity contribution < 1.29 is 0 Å². The van der Waals surface area contributed by atoms with Crippen LogP contribution in [0, 0.1) is 0 Å². The quantitative estimate of drug-likeness (QED) is 0.825. The molecule has 15 heavy (non-hydrogen) atoms. The number of benzene rings is 1. The average Bonchev–Trinajstić information content (AvgIpc) is 2.17. The smallest absolute Gasteiger partial charge is 0.0933 e. The van der Waals surface area contributed by atoms with Crippen LogP contribution in [0.1, 0.15) is 5.56 Å². The molecule has 0 amide bonds. The molecule has 0 saturated heterocycles. The Hall–Kier alpha value is -1.48. The van der Waals surface area contributed by atoms with Gasteiger partial charge in [0.05, 0.1) is 5.82 Å². The number of rotatable bonds is 3. The van der Waals surface area contributed by atoms with Gasteiger partial charge in [-0.25, -0.2) is 0 Å². The third kappa shape index (κ3) is 4.04. The number of nitrogens with two attached hydrogens (primary N) is 2. The van der Waals surface area contributed by atoms with Gasteiger partial charge in [-0.15, -0.1) is 0 Å². The predicted molar refractivity (Wildman–Crippen MR) is 68.8 cm³/mol. The van der Waals surface area contributed by atoms with E-state index >= 15 is 0 Å². The highest BCUT2D eigenvalue weighted by atomic mass is 79.9. The molecular formula is C12H13BrN2. The lowest BCUT2D eigenvalue weighted by Gasteiger charge is -2.00. The molecule has 0 aliphatic rings. The zero-order chi connectivity index (χ0) is 11.3. The van der Waals surface area contributed by atoms with Crippen molar-refractivity contribution in [1.82, 2.24) is 0 Å². The lowest BCUT2D eigenvalue weighted by molar-refractivity contribution is 1.25. The monoisotopic (exact) mass is 264 g/mol. The van der Waals surface area contributed by atoms with Crippen molar-refractivity contribution in [2.75, 3.05) is 0 Å². The zero-order valence-electron chi connectivity index (χ0n) is 8.28. The van der Waals surface area contributed by atoms with E-state index in [0.29, 0.717) is 0 Å². The van der Waals surface area contributed by atoms with Crippen molar-refractivity contribution in [1.29, 1.82) is 0 Å². The first-order valence-corrected chi connectivity index (χ1v) is 5.23. The fraction of sp³-hybridized carbons (Fsp3) is 0. The van der Waals surface area contributed by atoms with Crippen molar-refractivity contribution in [2.45, 2.75) is 0 Å². The van der Waals surface area contributed by atoms with E-state index in [1.54, 1.807) is 12.2 Å². The van der Waals surface area contributed by atoms with Gasteiger partial charge in [0.25, 0.3) is 0 Å². The molecule has 1 aromatic rings.